The lowest BCUT2D eigenvalue weighted by Crippen LogP contribution is -2.12. The maximum absolute atomic E-state index is 5.47. The number of hydrogen-bond acceptors (Lipinski definition) is 5. The van der Waals surface area contributed by atoms with Crippen molar-refractivity contribution in [3.8, 4) is 0 Å². The van der Waals surface area contributed by atoms with E-state index in [1.54, 1.807) is 12.4 Å². The molecule has 2 heterocycles. The summed E-state index contributed by atoms with van der Waals surface area (Å²) < 4.78 is 1.87. The van der Waals surface area contributed by atoms with Crippen molar-refractivity contribution < 1.29 is 0 Å². The Morgan fingerprint density at radius 1 is 1.37 bits per heavy atom. The first-order chi connectivity index (χ1) is 8.99. The van der Waals surface area contributed by atoms with Gasteiger partial charge in [0.25, 0.3) is 0 Å². The molecular weight excluding hydrogens is 260 g/mol. The summed E-state index contributed by atoms with van der Waals surface area (Å²) >= 11 is 4.83. The van der Waals surface area contributed by atoms with E-state index >= 15 is 0 Å². The molecule has 0 saturated heterocycles. The predicted octanol–water partition coefficient (Wildman–Crippen LogP) is 1.07. The normalized spacial score (nSPS) is 10.5. The van der Waals surface area contributed by atoms with Crippen LogP contribution in [0.4, 0.5) is 5.82 Å². The van der Waals surface area contributed by atoms with Gasteiger partial charge in [-0.15, -0.1) is 0 Å². The van der Waals surface area contributed by atoms with Crippen molar-refractivity contribution in [2.75, 3.05) is 5.32 Å². The molecule has 2 aromatic rings. The molecule has 2 aromatic heterocycles. The number of rotatable bonds is 4. The topological polar surface area (TPSA) is 81.7 Å². The van der Waals surface area contributed by atoms with Crippen molar-refractivity contribution in [1.82, 2.24) is 19.7 Å². The molecule has 0 fully saturated rings. The van der Waals surface area contributed by atoms with Gasteiger partial charge < -0.3 is 11.1 Å². The van der Waals surface area contributed by atoms with Gasteiger partial charge in [0.05, 0.1) is 18.1 Å². The molecular formula is C12H16N6S. The first kappa shape index (κ1) is 13.4. The molecule has 0 amide bonds. The van der Waals surface area contributed by atoms with E-state index < -0.39 is 0 Å². The van der Waals surface area contributed by atoms with Gasteiger partial charge in [0.2, 0.25) is 0 Å². The lowest BCUT2D eigenvalue weighted by Gasteiger charge is -2.06. The van der Waals surface area contributed by atoms with Gasteiger partial charge in [-0.05, 0) is 13.8 Å². The fourth-order valence-electron chi connectivity index (χ4n) is 1.80. The van der Waals surface area contributed by atoms with Gasteiger partial charge in [0, 0.05) is 24.8 Å². The second-order valence-corrected chi connectivity index (χ2v) is 4.72. The van der Waals surface area contributed by atoms with Gasteiger partial charge in [-0.3, -0.25) is 4.68 Å². The highest BCUT2D eigenvalue weighted by atomic mass is 32.1. The van der Waals surface area contributed by atoms with Crippen molar-refractivity contribution >= 4 is 23.0 Å². The molecule has 0 aliphatic heterocycles. The smallest absolute Gasteiger partial charge is 0.144 e. The molecule has 0 saturated carbocycles. The highest BCUT2D eigenvalue weighted by molar-refractivity contribution is 7.80. The zero-order valence-electron chi connectivity index (χ0n) is 11.1. The van der Waals surface area contributed by atoms with Crippen LogP contribution in [0.3, 0.4) is 0 Å². The third kappa shape index (κ3) is 2.87. The monoisotopic (exact) mass is 276 g/mol. The Morgan fingerprint density at radius 2 is 2.11 bits per heavy atom. The third-order valence-corrected chi connectivity index (χ3v) is 3.22. The molecule has 0 atom stereocenters. The van der Waals surface area contributed by atoms with E-state index in [9.17, 15) is 0 Å². The number of nitrogens with two attached hydrogens (primary N) is 1. The Bertz CT molecular complexity index is 601. The maximum atomic E-state index is 5.47. The minimum Gasteiger partial charge on any atom is -0.388 e. The molecule has 0 aromatic carbocycles. The Kier molecular flexibility index (Phi) is 3.75. The quantitative estimate of drug-likeness (QED) is 0.813. The fourth-order valence-corrected chi connectivity index (χ4v) is 1.90. The number of nitrogens with zero attached hydrogens (tertiary/aromatic N) is 4. The first-order valence-electron chi connectivity index (χ1n) is 5.84. The van der Waals surface area contributed by atoms with Crippen LogP contribution in [0, 0.1) is 13.8 Å². The predicted molar refractivity (Wildman–Crippen MR) is 77.9 cm³/mol. The molecule has 0 radical (unpaired) electrons. The number of anilines is 1. The Balaban J connectivity index is 2.08. The third-order valence-electron chi connectivity index (χ3n) is 3.01. The zero-order chi connectivity index (χ0) is 14.0. The van der Waals surface area contributed by atoms with E-state index in [4.69, 9.17) is 18.0 Å². The summed E-state index contributed by atoms with van der Waals surface area (Å²) in [7, 11) is 1.93. The van der Waals surface area contributed by atoms with Crippen LogP contribution in [-0.2, 0) is 13.6 Å². The number of aryl methyl sites for hydroxylation is 2. The Hall–Kier alpha value is -2.02. The van der Waals surface area contributed by atoms with E-state index in [-0.39, 0.29) is 4.99 Å². The van der Waals surface area contributed by atoms with Crippen LogP contribution < -0.4 is 11.1 Å². The molecule has 0 aliphatic rings. The van der Waals surface area contributed by atoms with Gasteiger partial charge >= 0.3 is 0 Å². The van der Waals surface area contributed by atoms with Gasteiger partial charge in [0.15, 0.2) is 0 Å². The summed E-state index contributed by atoms with van der Waals surface area (Å²) in [5.74, 6) is 0.683. The second kappa shape index (κ2) is 5.31. The summed E-state index contributed by atoms with van der Waals surface area (Å²) in [5, 5.41) is 7.58. The van der Waals surface area contributed by atoms with Gasteiger partial charge in [-0.2, -0.15) is 5.10 Å². The van der Waals surface area contributed by atoms with Crippen LogP contribution >= 0.6 is 12.2 Å². The second-order valence-electron chi connectivity index (χ2n) is 4.28. The summed E-state index contributed by atoms with van der Waals surface area (Å²) in [5.41, 5.74) is 9.31. The van der Waals surface area contributed by atoms with Crippen molar-refractivity contribution in [2.24, 2.45) is 12.8 Å². The maximum Gasteiger partial charge on any atom is 0.144 e. The summed E-state index contributed by atoms with van der Waals surface area (Å²) in [6.07, 6.45) is 3.18. The van der Waals surface area contributed by atoms with Crippen LogP contribution in [0.1, 0.15) is 22.6 Å². The highest BCUT2D eigenvalue weighted by Crippen LogP contribution is 2.13. The molecule has 3 N–H and O–H groups in total. The molecule has 7 heteroatoms. The van der Waals surface area contributed by atoms with Crippen LogP contribution in [-0.4, -0.2) is 24.7 Å². The van der Waals surface area contributed by atoms with E-state index in [0.29, 0.717) is 18.1 Å². The van der Waals surface area contributed by atoms with E-state index in [0.717, 1.165) is 11.4 Å². The summed E-state index contributed by atoms with van der Waals surface area (Å²) in [6, 6.07) is 0. The number of thiocarbonyl (C=S) groups is 1. The lowest BCUT2D eigenvalue weighted by molar-refractivity contribution is 0.730. The van der Waals surface area contributed by atoms with Gasteiger partial charge in [-0.1, -0.05) is 12.2 Å². The van der Waals surface area contributed by atoms with Gasteiger partial charge in [-0.25, -0.2) is 9.97 Å². The zero-order valence-corrected chi connectivity index (χ0v) is 12.0. The van der Waals surface area contributed by atoms with Crippen LogP contribution in [0.25, 0.3) is 0 Å². The average molecular weight is 276 g/mol. The molecule has 6 nitrogen and oxygen atoms in total. The van der Waals surface area contributed by atoms with Crippen molar-refractivity contribution in [2.45, 2.75) is 20.4 Å². The molecule has 0 unspecified atom stereocenters. The van der Waals surface area contributed by atoms with Crippen molar-refractivity contribution in [3.05, 3.63) is 35.0 Å². The molecule has 2 rings (SSSR count). The van der Waals surface area contributed by atoms with E-state index in [2.05, 4.69) is 20.4 Å². The molecule has 0 spiro atoms. The number of aromatic nitrogens is 4. The van der Waals surface area contributed by atoms with Crippen molar-refractivity contribution in [1.29, 1.82) is 0 Å². The van der Waals surface area contributed by atoms with Crippen LogP contribution in [0.2, 0.25) is 0 Å². The molecule has 0 aliphatic carbocycles. The van der Waals surface area contributed by atoms with E-state index in [1.807, 2.05) is 25.6 Å². The van der Waals surface area contributed by atoms with Crippen LogP contribution in [0.5, 0.6) is 0 Å². The first-order valence-corrected chi connectivity index (χ1v) is 6.24. The Morgan fingerprint density at radius 3 is 2.58 bits per heavy atom. The lowest BCUT2D eigenvalue weighted by atomic mass is 10.2. The minimum absolute atomic E-state index is 0.248. The van der Waals surface area contributed by atoms with Crippen LogP contribution in [0.15, 0.2) is 12.4 Å². The summed E-state index contributed by atoms with van der Waals surface area (Å²) in [4.78, 5) is 8.59. The fraction of sp³-hybridized carbons (Fsp3) is 0.333. The SMILES string of the molecule is Cc1nn(C)c(C)c1CNc1cnc(C(N)=S)cn1. The number of nitrogens with one attached hydrogen (secondary N) is 1. The average Bonchev–Trinajstić information content (AvgIpc) is 2.62. The van der Waals surface area contributed by atoms with E-state index in [1.165, 1.54) is 5.56 Å². The number of hydrogen-bond donors (Lipinski definition) is 2. The molecule has 100 valence electrons. The summed E-state index contributed by atoms with van der Waals surface area (Å²) in [6.45, 7) is 4.69. The molecule has 0 bridgehead atoms. The highest BCUT2D eigenvalue weighted by Gasteiger charge is 2.09. The minimum atomic E-state index is 0.248. The largest absolute Gasteiger partial charge is 0.388 e. The molecule has 19 heavy (non-hydrogen) atoms. The Labute approximate surface area is 117 Å². The van der Waals surface area contributed by atoms with Crippen molar-refractivity contribution in [3.63, 3.8) is 0 Å². The van der Waals surface area contributed by atoms with Gasteiger partial charge in [0.1, 0.15) is 16.5 Å². The standard InChI is InChI=1S/C12H16N6S/c1-7-9(8(2)18(3)17-7)4-15-11-6-14-10(5-16-11)12(13)19/h5-6H,4H2,1-3H3,(H2,13,19)(H,15,16).